The van der Waals surface area contributed by atoms with Crippen molar-refractivity contribution in [1.29, 1.82) is 0 Å². The largest absolute Gasteiger partial charge is 0.390 e. The lowest BCUT2D eigenvalue weighted by molar-refractivity contribution is -0.138. The SMILES string of the molecule is CN(C)C1CCN(C(=O)NCc2ccc(C(=O)Nc3ccc(Cl)cc3N3CCN(CCC(F)(F)F)CC3)c(F)c2F)CC1. The summed E-state index contributed by atoms with van der Waals surface area (Å²) in [6.07, 6.45) is -3.48. The van der Waals surface area contributed by atoms with E-state index in [1.165, 1.54) is 18.2 Å². The van der Waals surface area contributed by atoms with E-state index in [9.17, 15) is 27.2 Å². The molecule has 2 heterocycles. The van der Waals surface area contributed by atoms with Crippen molar-refractivity contribution in [2.24, 2.45) is 0 Å². The summed E-state index contributed by atoms with van der Waals surface area (Å²) in [5, 5.41) is 5.61. The first kappa shape index (κ1) is 32.7. The summed E-state index contributed by atoms with van der Waals surface area (Å²) in [5.41, 5.74) is 0.204. The van der Waals surface area contributed by atoms with Crippen molar-refractivity contribution < 1.29 is 31.5 Å². The van der Waals surface area contributed by atoms with Crippen LogP contribution in [0.2, 0.25) is 5.02 Å². The molecule has 8 nitrogen and oxygen atoms in total. The van der Waals surface area contributed by atoms with Gasteiger partial charge < -0.3 is 25.3 Å². The van der Waals surface area contributed by atoms with Gasteiger partial charge in [0.05, 0.1) is 23.4 Å². The third kappa shape index (κ3) is 8.70. The van der Waals surface area contributed by atoms with Crippen LogP contribution >= 0.6 is 11.6 Å². The number of nitrogens with one attached hydrogen (secondary N) is 2. The molecule has 0 radical (unpaired) electrons. The standard InChI is InChI=1S/C29H36ClF5N6O2/c1-38(2)21-7-10-41(11-8-21)28(43)36-18-19-3-5-22(26(32)25(19)31)27(42)37-23-6-4-20(30)17-24(23)40-15-13-39(14-16-40)12-9-29(33,34)35/h3-6,17,21H,7-16,18H2,1-2H3,(H,36,43)(H,37,42). The summed E-state index contributed by atoms with van der Waals surface area (Å²) < 4.78 is 67.8. The lowest BCUT2D eigenvalue weighted by Crippen LogP contribution is -2.48. The second kappa shape index (κ2) is 14.1. The fraction of sp³-hybridized carbons (Fsp3) is 0.517. The van der Waals surface area contributed by atoms with E-state index in [0.29, 0.717) is 61.7 Å². The van der Waals surface area contributed by atoms with E-state index in [1.54, 1.807) is 15.9 Å². The molecular weight excluding hydrogens is 595 g/mol. The number of amides is 3. The number of halogens is 6. The van der Waals surface area contributed by atoms with Crippen molar-refractivity contribution in [2.75, 3.05) is 70.1 Å². The number of nitrogens with zero attached hydrogens (tertiary/aromatic N) is 4. The summed E-state index contributed by atoms with van der Waals surface area (Å²) in [6, 6.07) is 7.11. The van der Waals surface area contributed by atoms with Gasteiger partial charge in [-0.2, -0.15) is 13.2 Å². The summed E-state index contributed by atoms with van der Waals surface area (Å²) in [5.74, 6) is -3.46. The minimum atomic E-state index is -4.23. The molecule has 2 fully saturated rings. The predicted octanol–water partition coefficient (Wildman–Crippen LogP) is 5.18. The van der Waals surface area contributed by atoms with Gasteiger partial charge in [-0.25, -0.2) is 13.6 Å². The Labute approximate surface area is 252 Å². The van der Waals surface area contributed by atoms with Gasteiger partial charge in [-0.3, -0.25) is 9.69 Å². The molecule has 14 heteroatoms. The zero-order valence-electron chi connectivity index (χ0n) is 24.1. The lowest BCUT2D eigenvalue weighted by Gasteiger charge is -2.37. The van der Waals surface area contributed by atoms with Crippen molar-refractivity contribution >= 4 is 34.9 Å². The van der Waals surface area contributed by atoms with Crippen LogP contribution in [0.4, 0.5) is 38.1 Å². The molecule has 0 aromatic heterocycles. The highest BCUT2D eigenvalue weighted by molar-refractivity contribution is 6.31. The summed E-state index contributed by atoms with van der Waals surface area (Å²) in [4.78, 5) is 32.9. The first-order chi connectivity index (χ1) is 20.3. The van der Waals surface area contributed by atoms with Gasteiger partial charge in [0.2, 0.25) is 0 Å². The Bertz CT molecular complexity index is 1290. The number of rotatable bonds is 8. The zero-order chi connectivity index (χ0) is 31.3. The number of anilines is 2. The molecule has 0 aliphatic carbocycles. The van der Waals surface area contributed by atoms with E-state index in [2.05, 4.69) is 15.5 Å². The molecule has 0 spiro atoms. The molecule has 2 N–H and O–H groups in total. The topological polar surface area (TPSA) is 71.2 Å². The number of carbonyl (C=O) groups excluding carboxylic acids is 2. The minimum absolute atomic E-state index is 0.0962. The van der Waals surface area contributed by atoms with Crippen LogP contribution in [0.25, 0.3) is 0 Å². The first-order valence-corrected chi connectivity index (χ1v) is 14.5. The maximum Gasteiger partial charge on any atom is 0.390 e. The molecule has 2 aromatic carbocycles. The second-order valence-electron chi connectivity index (χ2n) is 11.1. The number of urea groups is 1. The van der Waals surface area contributed by atoms with Gasteiger partial charge in [0.25, 0.3) is 5.91 Å². The third-order valence-corrected chi connectivity index (χ3v) is 8.19. The van der Waals surface area contributed by atoms with Crippen molar-refractivity contribution in [2.45, 2.75) is 38.0 Å². The van der Waals surface area contributed by atoms with Crippen molar-refractivity contribution in [1.82, 2.24) is 20.0 Å². The number of carbonyl (C=O) groups is 2. The van der Waals surface area contributed by atoms with Gasteiger partial charge in [-0.1, -0.05) is 17.7 Å². The average Bonchev–Trinajstić information content (AvgIpc) is 2.97. The van der Waals surface area contributed by atoms with E-state index in [0.717, 1.165) is 18.9 Å². The fourth-order valence-electron chi connectivity index (χ4n) is 5.33. The number of piperidine rings is 1. The quantitative estimate of drug-likeness (QED) is 0.394. The van der Waals surface area contributed by atoms with Crippen LogP contribution in [-0.2, 0) is 6.54 Å². The lowest BCUT2D eigenvalue weighted by atomic mass is 10.0. The summed E-state index contributed by atoms with van der Waals surface area (Å²) >= 11 is 6.18. The smallest absolute Gasteiger partial charge is 0.367 e. The van der Waals surface area contributed by atoms with E-state index in [1.807, 2.05) is 19.0 Å². The number of hydrogen-bond acceptors (Lipinski definition) is 5. The number of alkyl halides is 3. The van der Waals surface area contributed by atoms with Crippen molar-refractivity contribution in [3.63, 3.8) is 0 Å². The highest BCUT2D eigenvalue weighted by Gasteiger charge is 2.29. The monoisotopic (exact) mass is 630 g/mol. The summed E-state index contributed by atoms with van der Waals surface area (Å²) in [6.45, 7) is 2.31. The highest BCUT2D eigenvalue weighted by atomic mass is 35.5. The Morgan fingerprint density at radius 1 is 0.977 bits per heavy atom. The normalized spacial score (nSPS) is 17.0. The highest BCUT2D eigenvalue weighted by Crippen LogP contribution is 2.31. The Balaban J connectivity index is 1.37. The molecule has 0 atom stereocenters. The van der Waals surface area contributed by atoms with Crippen LogP contribution in [0.15, 0.2) is 30.3 Å². The van der Waals surface area contributed by atoms with Crippen LogP contribution < -0.4 is 15.5 Å². The molecule has 3 amide bonds. The van der Waals surface area contributed by atoms with Crippen LogP contribution in [0.1, 0.15) is 35.2 Å². The minimum Gasteiger partial charge on any atom is -0.367 e. The number of hydrogen-bond donors (Lipinski definition) is 2. The fourth-order valence-corrected chi connectivity index (χ4v) is 5.49. The first-order valence-electron chi connectivity index (χ1n) is 14.1. The number of benzene rings is 2. The third-order valence-electron chi connectivity index (χ3n) is 7.95. The van der Waals surface area contributed by atoms with E-state index < -0.39 is 35.7 Å². The van der Waals surface area contributed by atoms with E-state index in [4.69, 9.17) is 11.6 Å². The Morgan fingerprint density at radius 3 is 2.28 bits per heavy atom. The molecule has 2 aliphatic rings. The maximum atomic E-state index is 15.1. The molecule has 0 bridgehead atoms. The zero-order valence-corrected chi connectivity index (χ0v) is 24.9. The van der Waals surface area contributed by atoms with E-state index in [-0.39, 0.29) is 24.7 Å². The Morgan fingerprint density at radius 2 is 1.65 bits per heavy atom. The van der Waals surface area contributed by atoms with Crippen LogP contribution in [0, 0.1) is 11.6 Å². The van der Waals surface area contributed by atoms with Gasteiger partial charge in [-0.05, 0) is 51.2 Å². The molecule has 2 saturated heterocycles. The van der Waals surface area contributed by atoms with Crippen molar-refractivity contribution in [3.8, 4) is 0 Å². The van der Waals surface area contributed by atoms with Crippen LogP contribution in [-0.4, -0.2) is 98.8 Å². The molecule has 43 heavy (non-hydrogen) atoms. The number of piperazine rings is 1. The molecule has 2 aromatic rings. The van der Waals surface area contributed by atoms with Gasteiger partial charge in [0.1, 0.15) is 0 Å². The maximum absolute atomic E-state index is 15.1. The van der Waals surface area contributed by atoms with Crippen LogP contribution in [0.3, 0.4) is 0 Å². The van der Waals surface area contributed by atoms with E-state index >= 15 is 4.39 Å². The van der Waals surface area contributed by atoms with Gasteiger partial charge in [0.15, 0.2) is 11.6 Å². The molecule has 2 aliphatic heterocycles. The average molecular weight is 631 g/mol. The van der Waals surface area contributed by atoms with Gasteiger partial charge in [-0.15, -0.1) is 0 Å². The molecular formula is C29H36ClF5N6O2. The molecule has 0 unspecified atom stereocenters. The summed E-state index contributed by atoms with van der Waals surface area (Å²) in [7, 11) is 3.98. The second-order valence-corrected chi connectivity index (χ2v) is 11.5. The molecule has 236 valence electrons. The Hall–Kier alpha value is -3.16. The predicted molar refractivity (Wildman–Crippen MR) is 156 cm³/mol. The molecule has 4 rings (SSSR count). The number of likely N-dealkylation sites (tertiary alicyclic amines) is 1. The van der Waals surface area contributed by atoms with Gasteiger partial charge in [0, 0.05) is 69.0 Å². The van der Waals surface area contributed by atoms with Gasteiger partial charge >= 0.3 is 12.2 Å². The Kier molecular flexibility index (Phi) is 10.7. The van der Waals surface area contributed by atoms with Crippen LogP contribution in [0.5, 0.6) is 0 Å². The van der Waals surface area contributed by atoms with Crippen molar-refractivity contribution in [3.05, 3.63) is 58.1 Å². The molecule has 0 saturated carbocycles.